The number of aryl methyl sites for hydroxylation is 1. The number of nitrogens with zero attached hydrogens (tertiary/aromatic N) is 4. The summed E-state index contributed by atoms with van der Waals surface area (Å²) in [5.74, 6) is 0.258. The molecule has 28 heavy (non-hydrogen) atoms. The van der Waals surface area contributed by atoms with Crippen LogP contribution in [-0.2, 0) is 11.2 Å². The first kappa shape index (κ1) is 18.7. The van der Waals surface area contributed by atoms with E-state index in [2.05, 4.69) is 15.0 Å². The Labute approximate surface area is 165 Å². The number of imidazole rings is 1. The SMILES string of the molecule is Cc1cccc(C(=O)N2CCC3(CCC(=O)N(CCc4cnc[nH]4)C3)CC2)n1. The monoisotopic (exact) mass is 381 g/mol. The van der Waals surface area contributed by atoms with Crippen LogP contribution in [0.3, 0.4) is 0 Å². The van der Waals surface area contributed by atoms with Gasteiger partial charge in [0.05, 0.1) is 6.33 Å². The molecule has 0 unspecified atom stereocenters. The minimum atomic E-state index is 0.0153. The number of aromatic amines is 1. The fraction of sp³-hybridized carbons (Fsp3) is 0.524. The van der Waals surface area contributed by atoms with Crippen LogP contribution in [0.4, 0.5) is 0 Å². The van der Waals surface area contributed by atoms with Crippen molar-refractivity contribution in [3.05, 3.63) is 47.8 Å². The van der Waals surface area contributed by atoms with Gasteiger partial charge in [0.15, 0.2) is 0 Å². The van der Waals surface area contributed by atoms with Crippen molar-refractivity contribution in [1.82, 2.24) is 24.8 Å². The van der Waals surface area contributed by atoms with Gasteiger partial charge in [0.1, 0.15) is 5.69 Å². The first-order valence-electron chi connectivity index (χ1n) is 10.0. The van der Waals surface area contributed by atoms with Crippen molar-refractivity contribution < 1.29 is 9.59 Å². The second kappa shape index (κ2) is 7.73. The Morgan fingerprint density at radius 3 is 2.79 bits per heavy atom. The van der Waals surface area contributed by atoms with E-state index in [9.17, 15) is 9.59 Å². The Bertz CT molecular complexity index is 840. The van der Waals surface area contributed by atoms with Crippen molar-refractivity contribution >= 4 is 11.8 Å². The number of H-pyrrole nitrogens is 1. The predicted molar refractivity (Wildman–Crippen MR) is 105 cm³/mol. The van der Waals surface area contributed by atoms with E-state index in [1.807, 2.05) is 35.1 Å². The first-order chi connectivity index (χ1) is 13.5. The summed E-state index contributed by atoms with van der Waals surface area (Å²) >= 11 is 0. The van der Waals surface area contributed by atoms with Crippen LogP contribution in [0.15, 0.2) is 30.7 Å². The lowest BCUT2D eigenvalue weighted by Gasteiger charge is -2.47. The van der Waals surface area contributed by atoms with Gasteiger partial charge < -0.3 is 14.8 Å². The Morgan fingerprint density at radius 1 is 1.25 bits per heavy atom. The highest BCUT2D eigenvalue weighted by Gasteiger charge is 2.41. The third kappa shape index (κ3) is 3.93. The summed E-state index contributed by atoms with van der Waals surface area (Å²) in [4.78, 5) is 40.6. The van der Waals surface area contributed by atoms with Gasteiger partial charge in [-0.15, -0.1) is 0 Å². The second-order valence-electron chi connectivity index (χ2n) is 8.10. The lowest BCUT2D eigenvalue weighted by Crippen LogP contribution is -2.52. The number of nitrogens with one attached hydrogen (secondary N) is 1. The number of hydrogen-bond acceptors (Lipinski definition) is 4. The molecule has 0 atom stereocenters. The molecule has 2 amide bonds. The van der Waals surface area contributed by atoms with E-state index >= 15 is 0 Å². The molecule has 1 N–H and O–H groups in total. The highest BCUT2D eigenvalue weighted by molar-refractivity contribution is 5.92. The number of amides is 2. The average Bonchev–Trinajstić information content (AvgIpc) is 3.23. The van der Waals surface area contributed by atoms with Crippen LogP contribution in [0.25, 0.3) is 0 Å². The molecule has 0 saturated carbocycles. The molecule has 2 aromatic heterocycles. The highest BCUT2D eigenvalue weighted by atomic mass is 16.2. The van der Waals surface area contributed by atoms with E-state index in [-0.39, 0.29) is 17.2 Å². The quantitative estimate of drug-likeness (QED) is 0.880. The fourth-order valence-electron chi connectivity index (χ4n) is 4.40. The van der Waals surface area contributed by atoms with Crippen molar-refractivity contribution in [2.45, 2.75) is 39.0 Å². The molecule has 2 aliphatic rings. The van der Waals surface area contributed by atoms with E-state index in [0.717, 1.165) is 63.3 Å². The molecular weight excluding hydrogens is 354 g/mol. The molecule has 2 fully saturated rings. The third-order valence-corrected chi connectivity index (χ3v) is 6.17. The van der Waals surface area contributed by atoms with Gasteiger partial charge in [-0.25, -0.2) is 9.97 Å². The molecule has 148 valence electrons. The summed E-state index contributed by atoms with van der Waals surface area (Å²) in [6.07, 6.45) is 7.70. The number of carbonyl (C=O) groups is 2. The molecule has 4 rings (SSSR count). The normalized spacial score (nSPS) is 19.2. The van der Waals surface area contributed by atoms with E-state index in [1.54, 1.807) is 12.4 Å². The fourth-order valence-corrected chi connectivity index (χ4v) is 4.40. The summed E-state index contributed by atoms with van der Waals surface area (Å²) in [5, 5.41) is 0. The maximum Gasteiger partial charge on any atom is 0.272 e. The molecule has 1 spiro atoms. The van der Waals surface area contributed by atoms with Gasteiger partial charge in [-0.2, -0.15) is 0 Å². The second-order valence-corrected chi connectivity index (χ2v) is 8.10. The molecule has 0 bridgehead atoms. The zero-order chi connectivity index (χ0) is 19.6. The van der Waals surface area contributed by atoms with E-state index < -0.39 is 0 Å². The van der Waals surface area contributed by atoms with Crippen LogP contribution >= 0.6 is 0 Å². The lowest BCUT2D eigenvalue weighted by molar-refractivity contribution is -0.138. The van der Waals surface area contributed by atoms with Crippen LogP contribution in [0.1, 0.15) is 47.6 Å². The number of rotatable bonds is 4. The molecule has 0 aromatic carbocycles. The Hall–Kier alpha value is -2.70. The maximum atomic E-state index is 12.8. The molecule has 7 heteroatoms. The summed E-state index contributed by atoms with van der Waals surface area (Å²) in [5.41, 5.74) is 2.58. The van der Waals surface area contributed by atoms with Crippen molar-refractivity contribution in [3.8, 4) is 0 Å². The molecule has 2 aliphatic heterocycles. The van der Waals surface area contributed by atoms with E-state index in [0.29, 0.717) is 12.1 Å². The Kier molecular flexibility index (Phi) is 5.15. The average molecular weight is 381 g/mol. The number of carbonyl (C=O) groups excluding carboxylic acids is 2. The van der Waals surface area contributed by atoms with E-state index in [1.165, 1.54) is 0 Å². The predicted octanol–water partition coefficient (Wildman–Crippen LogP) is 2.20. The number of pyridine rings is 1. The van der Waals surface area contributed by atoms with Gasteiger partial charge in [0, 0.05) is 56.6 Å². The van der Waals surface area contributed by atoms with Crippen molar-refractivity contribution in [1.29, 1.82) is 0 Å². The summed E-state index contributed by atoms with van der Waals surface area (Å²) in [7, 11) is 0. The Balaban J connectivity index is 1.36. The number of likely N-dealkylation sites (tertiary alicyclic amines) is 2. The molecule has 0 aliphatic carbocycles. The van der Waals surface area contributed by atoms with Crippen molar-refractivity contribution in [2.75, 3.05) is 26.2 Å². The van der Waals surface area contributed by atoms with Gasteiger partial charge >= 0.3 is 0 Å². The lowest BCUT2D eigenvalue weighted by atomic mass is 9.72. The van der Waals surface area contributed by atoms with Crippen LogP contribution in [0.5, 0.6) is 0 Å². The number of aromatic nitrogens is 3. The van der Waals surface area contributed by atoms with Crippen molar-refractivity contribution in [3.63, 3.8) is 0 Å². The molecule has 2 saturated heterocycles. The first-order valence-corrected chi connectivity index (χ1v) is 10.0. The molecular formula is C21H27N5O2. The van der Waals surface area contributed by atoms with Gasteiger partial charge in [-0.1, -0.05) is 6.07 Å². The van der Waals surface area contributed by atoms with Crippen LogP contribution in [0.2, 0.25) is 0 Å². The van der Waals surface area contributed by atoms with Gasteiger partial charge in [-0.05, 0) is 43.7 Å². The minimum Gasteiger partial charge on any atom is -0.348 e. The molecule has 7 nitrogen and oxygen atoms in total. The van der Waals surface area contributed by atoms with E-state index in [4.69, 9.17) is 0 Å². The topological polar surface area (TPSA) is 82.2 Å². The Morgan fingerprint density at radius 2 is 2.07 bits per heavy atom. The van der Waals surface area contributed by atoms with Crippen LogP contribution in [0, 0.1) is 12.3 Å². The standard InChI is InChI=1S/C21H27N5O2/c1-16-3-2-4-18(24-16)20(28)25-11-8-21(9-12-25)7-5-19(27)26(14-21)10-6-17-13-22-15-23-17/h2-4,13,15H,5-12,14H2,1H3,(H,22,23). The van der Waals surface area contributed by atoms with Crippen LogP contribution in [-0.4, -0.2) is 62.7 Å². The third-order valence-electron chi connectivity index (χ3n) is 6.17. The summed E-state index contributed by atoms with van der Waals surface area (Å²) in [6, 6.07) is 5.57. The smallest absolute Gasteiger partial charge is 0.272 e. The number of piperidine rings is 2. The molecule has 4 heterocycles. The highest BCUT2D eigenvalue weighted by Crippen LogP contribution is 2.40. The maximum absolute atomic E-state index is 12.8. The van der Waals surface area contributed by atoms with Crippen molar-refractivity contribution in [2.24, 2.45) is 5.41 Å². The van der Waals surface area contributed by atoms with Gasteiger partial charge in [0.2, 0.25) is 5.91 Å². The van der Waals surface area contributed by atoms with Crippen LogP contribution < -0.4 is 0 Å². The summed E-state index contributed by atoms with van der Waals surface area (Å²) < 4.78 is 0. The minimum absolute atomic E-state index is 0.0153. The zero-order valence-corrected chi connectivity index (χ0v) is 16.4. The molecule has 0 radical (unpaired) electrons. The number of hydrogen-bond donors (Lipinski definition) is 1. The van der Waals surface area contributed by atoms with Gasteiger partial charge in [-0.3, -0.25) is 9.59 Å². The zero-order valence-electron chi connectivity index (χ0n) is 16.4. The largest absolute Gasteiger partial charge is 0.348 e. The van der Waals surface area contributed by atoms with Gasteiger partial charge in [0.25, 0.3) is 5.91 Å². The molecule has 2 aromatic rings. The summed E-state index contributed by atoms with van der Waals surface area (Å²) in [6.45, 7) is 4.89.